The Bertz CT molecular complexity index is 621. The summed E-state index contributed by atoms with van der Waals surface area (Å²) in [6, 6.07) is 7.18. The number of hydrogen-bond donors (Lipinski definition) is 1. The van der Waals surface area contributed by atoms with E-state index in [1.807, 2.05) is 19.1 Å². The number of para-hydroxylation sites is 1. The Morgan fingerprint density at radius 2 is 1.80 bits per heavy atom. The second-order valence-corrected chi connectivity index (χ2v) is 6.46. The summed E-state index contributed by atoms with van der Waals surface area (Å²) in [6.07, 6.45) is -3.80. The smallest absolute Gasteiger partial charge is 0.449 e. The first-order chi connectivity index (χ1) is 11.6. The molecule has 0 aliphatic rings. The van der Waals surface area contributed by atoms with Crippen LogP contribution in [0.5, 0.6) is 0 Å². The molecule has 0 saturated heterocycles. The maximum absolute atomic E-state index is 13.0. The average molecular weight is 357 g/mol. The number of anilines is 1. The van der Waals surface area contributed by atoms with Crippen LogP contribution >= 0.6 is 0 Å². The van der Waals surface area contributed by atoms with Crippen molar-refractivity contribution in [1.82, 2.24) is 0 Å². The highest BCUT2D eigenvalue weighted by Crippen LogP contribution is 2.32. The van der Waals surface area contributed by atoms with Gasteiger partial charge >= 0.3 is 6.18 Å². The fourth-order valence-electron chi connectivity index (χ4n) is 2.74. The molecule has 0 spiro atoms. The molecule has 1 atom stereocenters. The van der Waals surface area contributed by atoms with Crippen LogP contribution in [0.2, 0.25) is 0 Å². The lowest BCUT2D eigenvalue weighted by molar-refractivity contribution is -0.134. The normalized spacial score (nSPS) is 14.1. The molecule has 0 aliphatic heterocycles. The van der Waals surface area contributed by atoms with Gasteiger partial charge in [-0.25, -0.2) is 0 Å². The molecule has 0 radical (unpaired) electrons. The van der Waals surface area contributed by atoms with Crippen molar-refractivity contribution in [1.29, 1.82) is 0 Å². The Kier molecular flexibility index (Phi) is 7.52. The molecule has 0 fully saturated rings. The third-order valence-electron chi connectivity index (χ3n) is 3.79. The van der Waals surface area contributed by atoms with Crippen molar-refractivity contribution >= 4 is 11.6 Å². The van der Waals surface area contributed by atoms with Crippen molar-refractivity contribution < 1.29 is 22.7 Å². The number of allylic oxidation sites excluding steroid dienone is 1. The van der Waals surface area contributed by atoms with Crippen molar-refractivity contribution in [3.63, 3.8) is 0 Å². The van der Waals surface area contributed by atoms with E-state index in [0.29, 0.717) is 11.6 Å². The van der Waals surface area contributed by atoms with E-state index in [9.17, 15) is 18.0 Å². The minimum atomic E-state index is -4.71. The Morgan fingerprint density at radius 3 is 2.32 bits per heavy atom. The summed E-state index contributed by atoms with van der Waals surface area (Å²) in [4.78, 5) is 12.3. The lowest BCUT2D eigenvalue weighted by Crippen LogP contribution is -2.23. The van der Waals surface area contributed by atoms with Crippen molar-refractivity contribution in [2.24, 2.45) is 5.92 Å². The van der Waals surface area contributed by atoms with Crippen molar-refractivity contribution in [3.05, 3.63) is 41.2 Å². The fraction of sp³-hybridized carbons (Fsp3) is 0.526. The number of alkyl halides is 3. The Morgan fingerprint density at radius 1 is 1.20 bits per heavy atom. The summed E-state index contributed by atoms with van der Waals surface area (Å²) in [5, 5.41) is 2.60. The highest BCUT2D eigenvalue weighted by molar-refractivity contribution is 6.04. The molecule has 1 unspecified atom stereocenters. The topological polar surface area (TPSA) is 38.3 Å². The molecule has 6 heteroatoms. The molecular weight excluding hydrogens is 331 g/mol. The Labute approximate surface area is 147 Å². The largest absolute Gasteiger partial charge is 0.489 e. The molecule has 25 heavy (non-hydrogen) atoms. The Balaban J connectivity index is 3.11. The van der Waals surface area contributed by atoms with Gasteiger partial charge in [0.2, 0.25) is 5.76 Å². The van der Waals surface area contributed by atoms with E-state index in [2.05, 4.69) is 23.9 Å². The number of halogens is 3. The third-order valence-corrected chi connectivity index (χ3v) is 3.79. The first-order valence-electron chi connectivity index (χ1n) is 8.39. The first kappa shape index (κ1) is 21.1. The van der Waals surface area contributed by atoms with E-state index in [-0.39, 0.29) is 12.5 Å². The van der Waals surface area contributed by atoms with Crippen molar-refractivity contribution in [3.8, 4) is 0 Å². The summed E-state index contributed by atoms with van der Waals surface area (Å²) in [5.41, 5.74) is 0.945. The van der Waals surface area contributed by atoms with Gasteiger partial charge in [-0.1, -0.05) is 39.0 Å². The number of benzene rings is 1. The zero-order valence-corrected chi connectivity index (χ0v) is 15.3. The molecule has 3 nitrogen and oxygen atoms in total. The first-order valence-corrected chi connectivity index (χ1v) is 8.39. The van der Waals surface area contributed by atoms with Crippen LogP contribution in [0.15, 0.2) is 35.6 Å². The van der Waals surface area contributed by atoms with E-state index in [4.69, 9.17) is 0 Å². The summed E-state index contributed by atoms with van der Waals surface area (Å²) < 4.78 is 43.8. The number of carbonyl (C=O) groups is 1. The highest BCUT2D eigenvalue weighted by atomic mass is 19.4. The van der Waals surface area contributed by atoms with Gasteiger partial charge < -0.3 is 10.1 Å². The fourth-order valence-corrected chi connectivity index (χ4v) is 2.74. The molecule has 140 valence electrons. The molecular formula is C19H26F3NO2. The van der Waals surface area contributed by atoms with E-state index in [1.54, 1.807) is 12.1 Å². The molecule has 0 heterocycles. The third kappa shape index (κ3) is 6.11. The van der Waals surface area contributed by atoms with Crippen LogP contribution in [-0.2, 0) is 9.53 Å². The molecule has 1 amide bonds. The molecule has 0 saturated carbocycles. The van der Waals surface area contributed by atoms with Gasteiger partial charge in [-0.2, -0.15) is 13.2 Å². The van der Waals surface area contributed by atoms with Crippen LogP contribution in [0.25, 0.3) is 0 Å². The zero-order valence-electron chi connectivity index (χ0n) is 15.3. The summed E-state index contributed by atoms with van der Waals surface area (Å²) >= 11 is 0. The maximum Gasteiger partial charge on any atom is 0.449 e. The molecule has 1 aromatic carbocycles. The highest BCUT2D eigenvalue weighted by Gasteiger charge is 2.39. The quantitative estimate of drug-likeness (QED) is 0.506. The van der Waals surface area contributed by atoms with E-state index in [0.717, 1.165) is 18.9 Å². The molecule has 1 aromatic rings. The number of ether oxygens (including phenoxy) is 1. The number of nitrogens with one attached hydrogen (secondary N) is 1. The summed E-state index contributed by atoms with van der Waals surface area (Å²) in [7, 11) is 0. The van der Waals surface area contributed by atoms with Crippen LogP contribution in [0.4, 0.5) is 18.9 Å². The van der Waals surface area contributed by atoms with Gasteiger partial charge in [0.05, 0.1) is 12.2 Å². The standard InChI is InChI=1S/C19H26F3NO2/c1-6-25-17(19(20,21)22)14(5)18(24)23-16-10-8-7-9-15(16)13(4)11-12(2)3/h7-10,12-13H,6,11H2,1-5H3,(H,23,24)/b17-14+. The van der Waals surface area contributed by atoms with Gasteiger partial charge in [0.1, 0.15) is 0 Å². The van der Waals surface area contributed by atoms with Crippen molar-refractivity contribution in [2.45, 2.75) is 53.1 Å². The van der Waals surface area contributed by atoms with Crippen LogP contribution < -0.4 is 5.32 Å². The van der Waals surface area contributed by atoms with E-state index in [1.165, 1.54) is 6.92 Å². The number of amides is 1. The van der Waals surface area contributed by atoms with E-state index >= 15 is 0 Å². The van der Waals surface area contributed by atoms with Crippen LogP contribution in [0.3, 0.4) is 0 Å². The van der Waals surface area contributed by atoms with Gasteiger partial charge in [0, 0.05) is 5.69 Å². The molecule has 1 rings (SSSR count). The predicted octanol–water partition coefficient (Wildman–Crippen LogP) is 5.65. The van der Waals surface area contributed by atoms with Gasteiger partial charge in [-0.3, -0.25) is 4.79 Å². The van der Waals surface area contributed by atoms with E-state index < -0.39 is 23.4 Å². The molecule has 1 N–H and O–H groups in total. The second-order valence-electron chi connectivity index (χ2n) is 6.46. The van der Waals surface area contributed by atoms with Gasteiger partial charge in [-0.05, 0) is 43.7 Å². The van der Waals surface area contributed by atoms with Crippen molar-refractivity contribution in [2.75, 3.05) is 11.9 Å². The maximum atomic E-state index is 13.0. The number of carbonyl (C=O) groups excluding carboxylic acids is 1. The van der Waals surface area contributed by atoms with Crippen LogP contribution in [0.1, 0.15) is 52.5 Å². The minimum Gasteiger partial charge on any atom is -0.489 e. The monoisotopic (exact) mass is 357 g/mol. The second kappa shape index (κ2) is 8.92. The lowest BCUT2D eigenvalue weighted by atomic mass is 9.91. The van der Waals surface area contributed by atoms with Gasteiger partial charge in [0.15, 0.2) is 0 Å². The minimum absolute atomic E-state index is 0.165. The molecule has 0 aliphatic carbocycles. The summed E-state index contributed by atoms with van der Waals surface area (Å²) in [6.45, 7) is 8.63. The van der Waals surface area contributed by atoms with Gasteiger partial charge in [-0.15, -0.1) is 0 Å². The molecule has 0 aromatic heterocycles. The van der Waals surface area contributed by atoms with Crippen LogP contribution in [-0.4, -0.2) is 18.7 Å². The zero-order chi connectivity index (χ0) is 19.2. The predicted molar refractivity (Wildman–Crippen MR) is 93.3 cm³/mol. The molecule has 0 bridgehead atoms. The number of rotatable bonds is 7. The van der Waals surface area contributed by atoms with Gasteiger partial charge in [0.25, 0.3) is 5.91 Å². The Hall–Kier alpha value is -1.98. The number of hydrogen-bond acceptors (Lipinski definition) is 2. The lowest BCUT2D eigenvalue weighted by Gasteiger charge is -2.20. The summed E-state index contributed by atoms with van der Waals surface area (Å²) in [5.74, 6) is -1.42. The average Bonchev–Trinajstić information content (AvgIpc) is 2.50. The van der Waals surface area contributed by atoms with Crippen LogP contribution in [0, 0.1) is 5.92 Å². The SMILES string of the molecule is CCO/C(=C(\C)C(=O)Nc1ccccc1C(C)CC(C)C)C(F)(F)F.